The van der Waals surface area contributed by atoms with Gasteiger partial charge in [0.15, 0.2) is 11.0 Å². The van der Waals surface area contributed by atoms with Gasteiger partial charge in [-0.25, -0.2) is 4.63 Å². The zero-order valence-electron chi connectivity index (χ0n) is 11.2. The second kappa shape index (κ2) is 5.13. The third-order valence-corrected chi connectivity index (χ3v) is 3.04. The van der Waals surface area contributed by atoms with Gasteiger partial charge in [0.1, 0.15) is 6.04 Å². The number of fused-ring (bicyclic) bond motifs is 1. The standard InChI is InChI=1S/C12H17N5O2/c1-4-17(3)12(18)7(2)14-9-6-5-8(13)10-11(9)16-19-15-10/h5-7,14H,4,13H2,1-3H3. The van der Waals surface area contributed by atoms with E-state index in [0.29, 0.717) is 29.0 Å². The molecule has 3 N–H and O–H groups in total. The topological polar surface area (TPSA) is 97.3 Å². The first-order valence-corrected chi connectivity index (χ1v) is 6.06. The molecule has 0 saturated carbocycles. The summed E-state index contributed by atoms with van der Waals surface area (Å²) in [5.41, 5.74) is 7.95. The van der Waals surface area contributed by atoms with E-state index < -0.39 is 0 Å². The first-order chi connectivity index (χ1) is 9.04. The number of nitrogens with two attached hydrogens (primary N) is 1. The highest BCUT2D eigenvalue weighted by molar-refractivity contribution is 5.96. The number of carbonyl (C=O) groups excluding carboxylic acids is 1. The van der Waals surface area contributed by atoms with E-state index >= 15 is 0 Å². The minimum absolute atomic E-state index is 0.00364. The second-order valence-corrected chi connectivity index (χ2v) is 4.38. The number of anilines is 2. The Kier molecular flexibility index (Phi) is 3.55. The third-order valence-electron chi connectivity index (χ3n) is 3.04. The molecule has 1 aromatic heterocycles. The van der Waals surface area contributed by atoms with Gasteiger partial charge in [-0.15, -0.1) is 0 Å². The van der Waals surface area contributed by atoms with Crippen LogP contribution in [0.4, 0.5) is 11.4 Å². The van der Waals surface area contributed by atoms with Crippen LogP contribution in [-0.2, 0) is 4.79 Å². The summed E-state index contributed by atoms with van der Waals surface area (Å²) in [7, 11) is 1.76. The van der Waals surface area contributed by atoms with E-state index in [1.807, 2.05) is 6.92 Å². The van der Waals surface area contributed by atoms with E-state index in [-0.39, 0.29) is 11.9 Å². The van der Waals surface area contributed by atoms with E-state index in [1.165, 1.54) is 0 Å². The molecule has 0 bridgehead atoms. The quantitative estimate of drug-likeness (QED) is 0.801. The lowest BCUT2D eigenvalue weighted by atomic mass is 10.2. The second-order valence-electron chi connectivity index (χ2n) is 4.38. The number of nitrogen functional groups attached to an aromatic ring is 1. The average molecular weight is 263 g/mol. The molecule has 0 aliphatic carbocycles. The van der Waals surface area contributed by atoms with Gasteiger partial charge >= 0.3 is 0 Å². The fourth-order valence-electron chi connectivity index (χ4n) is 1.78. The molecule has 0 saturated heterocycles. The van der Waals surface area contributed by atoms with Gasteiger partial charge in [-0.2, -0.15) is 0 Å². The molecular formula is C12H17N5O2. The maximum atomic E-state index is 12.0. The van der Waals surface area contributed by atoms with Crippen molar-refractivity contribution in [3.8, 4) is 0 Å². The zero-order valence-corrected chi connectivity index (χ0v) is 11.2. The summed E-state index contributed by atoms with van der Waals surface area (Å²) < 4.78 is 4.68. The van der Waals surface area contributed by atoms with Crippen LogP contribution in [0, 0.1) is 0 Å². The first kappa shape index (κ1) is 13.1. The van der Waals surface area contributed by atoms with Crippen molar-refractivity contribution in [3.05, 3.63) is 12.1 Å². The molecule has 0 spiro atoms. The van der Waals surface area contributed by atoms with Gasteiger partial charge < -0.3 is 16.0 Å². The van der Waals surface area contributed by atoms with Crippen LogP contribution in [0.15, 0.2) is 16.8 Å². The molecular weight excluding hydrogens is 246 g/mol. The molecule has 0 aliphatic rings. The number of hydrogen-bond donors (Lipinski definition) is 2. The van der Waals surface area contributed by atoms with Crippen molar-refractivity contribution in [2.45, 2.75) is 19.9 Å². The fraction of sp³-hybridized carbons (Fsp3) is 0.417. The lowest BCUT2D eigenvalue weighted by Crippen LogP contribution is -2.38. The fourth-order valence-corrected chi connectivity index (χ4v) is 1.78. The van der Waals surface area contributed by atoms with Crippen LogP contribution in [0.1, 0.15) is 13.8 Å². The molecule has 7 nitrogen and oxygen atoms in total. The number of benzene rings is 1. The van der Waals surface area contributed by atoms with Crippen molar-refractivity contribution in [3.63, 3.8) is 0 Å². The largest absolute Gasteiger partial charge is 0.397 e. The van der Waals surface area contributed by atoms with Crippen LogP contribution in [0.3, 0.4) is 0 Å². The smallest absolute Gasteiger partial charge is 0.244 e. The Morgan fingerprint density at radius 1 is 1.47 bits per heavy atom. The van der Waals surface area contributed by atoms with Gasteiger partial charge in [0, 0.05) is 13.6 Å². The van der Waals surface area contributed by atoms with E-state index in [0.717, 1.165) is 0 Å². The van der Waals surface area contributed by atoms with E-state index in [9.17, 15) is 4.79 Å². The summed E-state index contributed by atoms with van der Waals surface area (Å²) in [6.07, 6.45) is 0. The minimum atomic E-state index is -0.367. The number of hydrogen-bond acceptors (Lipinski definition) is 6. The summed E-state index contributed by atoms with van der Waals surface area (Å²) in [6.45, 7) is 4.38. The molecule has 1 aromatic carbocycles. The van der Waals surface area contributed by atoms with Gasteiger partial charge in [0.05, 0.1) is 11.4 Å². The Hall–Kier alpha value is -2.31. The van der Waals surface area contributed by atoms with Crippen LogP contribution >= 0.6 is 0 Å². The Morgan fingerprint density at radius 2 is 2.16 bits per heavy atom. The monoisotopic (exact) mass is 263 g/mol. The van der Waals surface area contributed by atoms with E-state index in [1.54, 1.807) is 31.0 Å². The molecule has 7 heteroatoms. The number of nitrogens with one attached hydrogen (secondary N) is 1. The van der Waals surface area contributed by atoms with Crippen LogP contribution in [0.25, 0.3) is 11.0 Å². The normalized spacial score (nSPS) is 12.4. The van der Waals surface area contributed by atoms with Gasteiger partial charge in [-0.05, 0) is 36.3 Å². The van der Waals surface area contributed by atoms with Crippen LogP contribution in [0.2, 0.25) is 0 Å². The molecule has 1 unspecified atom stereocenters. The molecule has 102 valence electrons. The number of aromatic nitrogens is 2. The summed E-state index contributed by atoms with van der Waals surface area (Å²) in [5.74, 6) is 0.00364. The van der Waals surface area contributed by atoms with Crippen molar-refractivity contribution in [2.75, 3.05) is 24.6 Å². The van der Waals surface area contributed by atoms with Crippen LogP contribution < -0.4 is 11.1 Å². The number of amides is 1. The molecule has 0 radical (unpaired) electrons. The zero-order chi connectivity index (χ0) is 14.0. The molecule has 19 heavy (non-hydrogen) atoms. The highest BCUT2D eigenvalue weighted by Crippen LogP contribution is 2.25. The lowest BCUT2D eigenvalue weighted by Gasteiger charge is -2.21. The van der Waals surface area contributed by atoms with Gasteiger partial charge in [0.25, 0.3) is 0 Å². The molecule has 0 fully saturated rings. The predicted molar refractivity (Wildman–Crippen MR) is 72.6 cm³/mol. The van der Waals surface area contributed by atoms with Gasteiger partial charge in [-0.1, -0.05) is 0 Å². The van der Waals surface area contributed by atoms with Crippen LogP contribution in [0.5, 0.6) is 0 Å². The Morgan fingerprint density at radius 3 is 2.84 bits per heavy atom. The first-order valence-electron chi connectivity index (χ1n) is 6.06. The maximum Gasteiger partial charge on any atom is 0.244 e. The van der Waals surface area contributed by atoms with Gasteiger partial charge in [0.2, 0.25) is 5.91 Å². The highest BCUT2D eigenvalue weighted by Gasteiger charge is 2.18. The molecule has 1 heterocycles. The Labute approximate surface area is 110 Å². The summed E-state index contributed by atoms with van der Waals surface area (Å²) in [4.78, 5) is 13.6. The number of nitrogens with zero attached hydrogens (tertiary/aromatic N) is 3. The number of likely N-dealkylation sites (N-methyl/N-ethyl adjacent to an activating group) is 1. The Bertz CT molecular complexity index is 595. The summed E-state index contributed by atoms with van der Waals surface area (Å²) >= 11 is 0. The van der Waals surface area contributed by atoms with Crippen LogP contribution in [-0.4, -0.2) is 40.8 Å². The van der Waals surface area contributed by atoms with Crippen molar-refractivity contribution < 1.29 is 9.42 Å². The SMILES string of the molecule is CCN(C)C(=O)C(C)Nc1ccc(N)c2nonc12. The molecule has 2 aromatic rings. The van der Waals surface area contributed by atoms with Crippen molar-refractivity contribution in [1.82, 2.24) is 15.2 Å². The molecule has 1 atom stereocenters. The maximum absolute atomic E-state index is 12.0. The minimum Gasteiger partial charge on any atom is -0.397 e. The van der Waals surface area contributed by atoms with Crippen molar-refractivity contribution in [1.29, 1.82) is 0 Å². The average Bonchev–Trinajstić information content (AvgIpc) is 2.90. The van der Waals surface area contributed by atoms with Gasteiger partial charge in [-0.3, -0.25) is 4.79 Å². The molecule has 0 aliphatic heterocycles. The molecule has 2 rings (SSSR count). The molecule has 1 amide bonds. The third kappa shape index (κ3) is 2.44. The predicted octanol–water partition coefficient (Wildman–Crippen LogP) is 1.08. The number of carbonyl (C=O) groups is 1. The number of rotatable bonds is 4. The van der Waals surface area contributed by atoms with E-state index in [4.69, 9.17) is 5.73 Å². The summed E-state index contributed by atoms with van der Waals surface area (Å²) in [5, 5.41) is 10.6. The van der Waals surface area contributed by atoms with Crippen molar-refractivity contribution >= 4 is 28.3 Å². The Balaban J connectivity index is 2.24. The lowest BCUT2D eigenvalue weighted by molar-refractivity contribution is -0.130. The van der Waals surface area contributed by atoms with Crippen molar-refractivity contribution in [2.24, 2.45) is 0 Å². The summed E-state index contributed by atoms with van der Waals surface area (Å²) in [6, 6.07) is 3.10. The highest BCUT2D eigenvalue weighted by atomic mass is 16.6. The van der Waals surface area contributed by atoms with E-state index in [2.05, 4.69) is 20.3 Å².